The summed E-state index contributed by atoms with van der Waals surface area (Å²) in [5, 5.41) is 4.23. The van der Waals surface area contributed by atoms with Gasteiger partial charge in [0.05, 0.1) is 26.0 Å². The van der Waals surface area contributed by atoms with E-state index in [1.807, 2.05) is 30.1 Å². The topological polar surface area (TPSA) is 39.5 Å². The molecule has 1 aromatic carbocycles. The summed E-state index contributed by atoms with van der Waals surface area (Å²) in [6.45, 7) is 3.67. The molecule has 1 saturated heterocycles. The van der Waals surface area contributed by atoms with E-state index in [1.165, 1.54) is 11.1 Å². The predicted molar refractivity (Wildman–Crippen MR) is 84.9 cm³/mol. The van der Waals surface area contributed by atoms with E-state index < -0.39 is 0 Å². The molecule has 2 heterocycles. The summed E-state index contributed by atoms with van der Waals surface area (Å²) in [4.78, 5) is 2.44. The Kier molecular flexibility index (Phi) is 4.75. The Hall–Kier alpha value is -1.85. The van der Waals surface area contributed by atoms with E-state index >= 15 is 0 Å². The second-order valence-electron chi connectivity index (χ2n) is 5.80. The first-order valence-electron chi connectivity index (χ1n) is 7.67. The number of benzene rings is 1. The molecule has 1 unspecified atom stereocenters. The summed E-state index contributed by atoms with van der Waals surface area (Å²) < 4.78 is 13.0. The Bertz CT molecular complexity index is 594. The van der Waals surface area contributed by atoms with Gasteiger partial charge in [-0.25, -0.2) is 0 Å². The number of rotatable bonds is 5. The summed E-state index contributed by atoms with van der Waals surface area (Å²) in [5.74, 6) is 0.895. The van der Waals surface area contributed by atoms with Crippen LogP contribution in [0, 0.1) is 0 Å². The van der Waals surface area contributed by atoms with E-state index in [4.69, 9.17) is 9.47 Å². The minimum Gasteiger partial charge on any atom is -0.497 e. The zero-order valence-corrected chi connectivity index (χ0v) is 13.2. The maximum Gasteiger partial charge on any atom is 0.118 e. The maximum atomic E-state index is 5.92. The number of morpholine rings is 1. The van der Waals surface area contributed by atoms with Crippen molar-refractivity contribution in [3.05, 3.63) is 47.8 Å². The molecule has 118 valence electrons. The number of methoxy groups -OCH3 is 1. The molecule has 1 fully saturated rings. The molecular formula is C17H23N3O2. The summed E-state index contributed by atoms with van der Waals surface area (Å²) in [5.41, 5.74) is 2.54. The van der Waals surface area contributed by atoms with Crippen LogP contribution in [0.25, 0.3) is 0 Å². The first-order chi connectivity index (χ1) is 10.7. The van der Waals surface area contributed by atoms with Gasteiger partial charge >= 0.3 is 0 Å². The van der Waals surface area contributed by atoms with Crippen LogP contribution >= 0.6 is 0 Å². The average Bonchev–Trinajstić information content (AvgIpc) is 2.93. The van der Waals surface area contributed by atoms with Crippen molar-refractivity contribution in [3.8, 4) is 5.75 Å². The number of aromatic nitrogens is 2. The van der Waals surface area contributed by atoms with Gasteiger partial charge in [-0.1, -0.05) is 12.1 Å². The highest BCUT2D eigenvalue weighted by molar-refractivity contribution is 5.27. The highest BCUT2D eigenvalue weighted by Crippen LogP contribution is 2.17. The largest absolute Gasteiger partial charge is 0.497 e. The third kappa shape index (κ3) is 3.87. The average molecular weight is 301 g/mol. The molecule has 1 aromatic heterocycles. The predicted octanol–water partition coefficient (Wildman–Crippen LogP) is 1.87. The van der Waals surface area contributed by atoms with Crippen molar-refractivity contribution in [2.75, 3.05) is 26.8 Å². The summed E-state index contributed by atoms with van der Waals surface area (Å²) >= 11 is 0. The highest BCUT2D eigenvalue weighted by atomic mass is 16.5. The summed E-state index contributed by atoms with van der Waals surface area (Å²) in [6.07, 6.45) is 5.20. The zero-order chi connectivity index (χ0) is 15.4. The number of nitrogens with zero attached hydrogens (tertiary/aromatic N) is 3. The van der Waals surface area contributed by atoms with Crippen molar-refractivity contribution in [3.63, 3.8) is 0 Å². The van der Waals surface area contributed by atoms with Gasteiger partial charge in [-0.15, -0.1) is 0 Å². The molecule has 2 aromatic rings. The maximum absolute atomic E-state index is 5.92. The Labute approximate surface area is 131 Å². The van der Waals surface area contributed by atoms with Gasteiger partial charge in [0.1, 0.15) is 5.75 Å². The van der Waals surface area contributed by atoms with E-state index in [1.54, 1.807) is 7.11 Å². The Morgan fingerprint density at radius 2 is 2.09 bits per heavy atom. The van der Waals surface area contributed by atoms with Crippen LogP contribution in [0.15, 0.2) is 36.7 Å². The van der Waals surface area contributed by atoms with E-state index in [0.717, 1.165) is 38.4 Å². The Morgan fingerprint density at radius 3 is 2.77 bits per heavy atom. The SMILES string of the molecule is COc1ccc(CC2CN(Cc3cnn(C)c3)CCO2)cc1. The second kappa shape index (κ2) is 6.94. The van der Waals surface area contributed by atoms with Crippen molar-refractivity contribution in [1.82, 2.24) is 14.7 Å². The number of hydrogen-bond donors (Lipinski definition) is 0. The van der Waals surface area contributed by atoms with Crippen molar-refractivity contribution >= 4 is 0 Å². The van der Waals surface area contributed by atoms with Crippen molar-refractivity contribution in [2.24, 2.45) is 7.05 Å². The molecule has 1 aliphatic rings. The fourth-order valence-corrected chi connectivity index (χ4v) is 2.88. The van der Waals surface area contributed by atoms with Gasteiger partial charge in [-0.05, 0) is 24.1 Å². The molecule has 22 heavy (non-hydrogen) atoms. The smallest absolute Gasteiger partial charge is 0.118 e. The summed E-state index contributed by atoms with van der Waals surface area (Å²) in [7, 11) is 3.64. The third-order valence-electron chi connectivity index (χ3n) is 4.01. The molecule has 0 N–H and O–H groups in total. The van der Waals surface area contributed by atoms with Crippen molar-refractivity contribution in [2.45, 2.75) is 19.1 Å². The second-order valence-corrected chi connectivity index (χ2v) is 5.80. The Morgan fingerprint density at radius 1 is 1.27 bits per heavy atom. The first-order valence-corrected chi connectivity index (χ1v) is 7.67. The minimum absolute atomic E-state index is 0.249. The molecule has 5 heteroatoms. The molecule has 0 spiro atoms. The van der Waals surface area contributed by atoms with E-state index in [0.29, 0.717) is 0 Å². The van der Waals surface area contributed by atoms with Crippen LogP contribution in [0.2, 0.25) is 0 Å². The lowest BCUT2D eigenvalue weighted by atomic mass is 10.1. The van der Waals surface area contributed by atoms with Gasteiger partial charge in [-0.2, -0.15) is 5.10 Å². The lowest BCUT2D eigenvalue weighted by Crippen LogP contribution is -2.42. The molecule has 0 aliphatic carbocycles. The van der Waals surface area contributed by atoms with Gasteiger partial charge in [0, 0.05) is 38.4 Å². The van der Waals surface area contributed by atoms with Crippen LogP contribution in [0.5, 0.6) is 5.75 Å². The molecule has 0 saturated carbocycles. The van der Waals surface area contributed by atoms with Crippen molar-refractivity contribution < 1.29 is 9.47 Å². The lowest BCUT2D eigenvalue weighted by molar-refractivity contribution is -0.0305. The standard InChI is InChI=1S/C17H23N3O2/c1-19-11-15(10-18-19)12-20-7-8-22-17(13-20)9-14-3-5-16(21-2)6-4-14/h3-6,10-11,17H,7-9,12-13H2,1-2H3. The van der Waals surface area contributed by atoms with E-state index in [-0.39, 0.29) is 6.10 Å². The monoisotopic (exact) mass is 301 g/mol. The number of aryl methyl sites for hydroxylation is 1. The van der Waals surface area contributed by atoms with Gasteiger partial charge in [0.15, 0.2) is 0 Å². The quantitative estimate of drug-likeness (QED) is 0.845. The molecule has 0 bridgehead atoms. The number of hydrogen-bond acceptors (Lipinski definition) is 4. The van der Waals surface area contributed by atoms with E-state index in [2.05, 4.69) is 28.3 Å². The van der Waals surface area contributed by atoms with Gasteiger partial charge in [0.2, 0.25) is 0 Å². The minimum atomic E-state index is 0.249. The lowest BCUT2D eigenvalue weighted by Gasteiger charge is -2.32. The molecule has 1 aliphatic heterocycles. The molecular weight excluding hydrogens is 278 g/mol. The fourth-order valence-electron chi connectivity index (χ4n) is 2.88. The van der Waals surface area contributed by atoms with Gasteiger partial charge in [0.25, 0.3) is 0 Å². The van der Waals surface area contributed by atoms with E-state index in [9.17, 15) is 0 Å². The molecule has 0 radical (unpaired) electrons. The third-order valence-corrected chi connectivity index (χ3v) is 4.01. The van der Waals surface area contributed by atoms with Gasteiger partial charge in [-0.3, -0.25) is 9.58 Å². The van der Waals surface area contributed by atoms with Crippen LogP contribution in [0.1, 0.15) is 11.1 Å². The first kappa shape index (κ1) is 15.1. The molecule has 5 nitrogen and oxygen atoms in total. The number of ether oxygens (including phenoxy) is 2. The normalized spacial score (nSPS) is 19.3. The highest BCUT2D eigenvalue weighted by Gasteiger charge is 2.21. The van der Waals surface area contributed by atoms with Crippen molar-refractivity contribution in [1.29, 1.82) is 0 Å². The van der Waals surface area contributed by atoms with Crippen LogP contribution in [-0.2, 0) is 24.8 Å². The molecule has 3 rings (SSSR count). The Balaban J connectivity index is 1.55. The summed E-state index contributed by atoms with van der Waals surface area (Å²) in [6, 6.07) is 8.24. The van der Waals surface area contributed by atoms with Crippen LogP contribution in [0.4, 0.5) is 0 Å². The van der Waals surface area contributed by atoms with Crippen LogP contribution < -0.4 is 4.74 Å². The van der Waals surface area contributed by atoms with Crippen LogP contribution in [-0.4, -0.2) is 47.6 Å². The van der Waals surface area contributed by atoms with Gasteiger partial charge < -0.3 is 9.47 Å². The zero-order valence-electron chi connectivity index (χ0n) is 13.2. The molecule has 1 atom stereocenters. The van der Waals surface area contributed by atoms with Crippen LogP contribution in [0.3, 0.4) is 0 Å². The molecule has 0 amide bonds. The fraction of sp³-hybridized carbons (Fsp3) is 0.471.